The second kappa shape index (κ2) is 6.35. The van der Waals surface area contributed by atoms with Gasteiger partial charge in [0.1, 0.15) is 28.7 Å². The van der Waals surface area contributed by atoms with Crippen molar-refractivity contribution in [3.8, 4) is 11.5 Å². The van der Waals surface area contributed by atoms with Crippen LogP contribution in [0.3, 0.4) is 0 Å². The summed E-state index contributed by atoms with van der Waals surface area (Å²) < 4.78 is 10.7. The number of Topliss-reactive ketones (excluding diaryl/α,β-unsaturated/α-hetero) is 1. The van der Waals surface area contributed by atoms with Gasteiger partial charge in [0, 0.05) is 18.2 Å². The van der Waals surface area contributed by atoms with Crippen molar-refractivity contribution in [1.82, 2.24) is 9.97 Å². The number of H-pyrrole nitrogens is 1. The molecule has 0 fully saturated rings. The molecule has 3 N–H and O–H groups in total. The van der Waals surface area contributed by atoms with Crippen molar-refractivity contribution in [2.75, 3.05) is 19.1 Å². The molecule has 138 valence electrons. The molecule has 1 aliphatic heterocycles. The van der Waals surface area contributed by atoms with Crippen LogP contribution in [0, 0.1) is 0 Å². The summed E-state index contributed by atoms with van der Waals surface area (Å²) in [6.07, 6.45) is 0. The Labute approximate surface area is 156 Å². The molecule has 0 saturated carbocycles. The van der Waals surface area contributed by atoms with Crippen molar-refractivity contribution in [3.63, 3.8) is 0 Å². The molecule has 1 aromatic heterocycles. The van der Waals surface area contributed by atoms with Crippen LogP contribution in [0.15, 0.2) is 48.3 Å². The van der Waals surface area contributed by atoms with E-state index in [1.165, 1.54) is 0 Å². The summed E-state index contributed by atoms with van der Waals surface area (Å²) >= 11 is 0. The maximum absolute atomic E-state index is 13.0. The number of methoxy groups -OCH3 is 2. The lowest BCUT2D eigenvalue weighted by molar-refractivity contribution is -0.114. The Bertz CT molecular complexity index is 1010. The van der Waals surface area contributed by atoms with E-state index in [1.807, 2.05) is 43.3 Å². The van der Waals surface area contributed by atoms with Crippen LogP contribution in [0.1, 0.15) is 12.7 Å². The van der Waals surface area contributed by atoms with E-state index in [9.17, 15) is 4.79 Å². The van der Waals surface area contributed by atoms with Crippen molar-refractivity contribution in [1.29, 1.82) is 0 Å². The average Bonchev–Trinajstić information content (AvgIpc) is 3.19. The van der Waals surface area contributed by atoms with Gasteiger partial charge in [-0.25, -0.2) is 4.98 Å². The quantitative estimate of drug-likeness (QED) is 0.739. The zero-order valence-corrected chi connectivity index (χ0v) is 15.3. The topological polar surface area (TPSA) is 93.5 Å². The number of carbonyl (C=O) groups excluding carboxylic acids is 1. The van der Waals surface area contributed by atoms with Gasteiger partial charge in [-0.3, -0.25) is 4.79 Å². The number of imidazole rings is 1. The molecule has 0 bridgehead atoms. The fraction of sp³-hybridized carbons (Fsp3) is 0.200. The SMILES string of the molecule is COc1cc(OC)cc(N2C(N)=C(c3nc4ccccc4[nH]3)C(=O)[C@H]2C)c1. The Balaban J connectivity index is 1.84. The number of carbonyl (C=O) groups is 1. The Morgan fingerprint density at radius 1 is 1.11 bits per heavy atom. The van der Waals surface area contributed by atoms with Gasteiger partial charge in [0.2, 0.25) is 0 Å². The number of aromatic amines is 1. The number of benzene rings is 2. The minimum atomic E-state index is -0.468. The predicted molar refractivity (Wildman–Crippen MR) is 104 cm³/mol. The highest BCUT2D eigenvalue weighted by Gasteiger charge is 2.38. The Morgan fingerprint density at radius 3 is 2.41 bits per heavy atom. The van der Waals surface area contributed by atoms with E-state index >= 15 is 0 Å². The monoisotopic (exact) mass is 364 g/mol. The van der Waals surface area contributed by atoms with Gasteiger partial charge >= 0.3 is 0 Å². The molecule has 0 aliphatic carbocycles. The first kappa shape index (κ1) is 17.0. The Morgan fingerprint density at radius 2 is 1.78 bits per heavy atom. The summed E-state index contributed by atoms with van der Waals surface area (Å²) in [5.41, 5.74) is 9.17. The molecule has 3 aromatic rings. The van der Waals surface area contributed by atoms with E-state index in [2.05, 4.69) is 9.97 Å². The van der Waals surface area contributed by atoms with Gasteiger partial charge in [0.15, 0.2) is 5.78 Å². The van der Waals surface area contributed by atoms with E-state index < -0.39 is 6.04 Å². The number of nitrogens with zero attached hydrogens (tertiary/aromatic N) is 2. The molecule has 27 heavy (non-hydrogen) atoms. The molecule has 0 unspecified atom stereocenters. The van der Waals surface area contributed by atoms with Crippen LogP contribution in [0.4, 0.5) is 5.69 Å². The fourth-order valence-corrected chi connectivity index (χ4v) is 3.38. The third-order valence-corrected chi connectivity index (χ3v) is 4.77. The maximum atomic E-state index is 13.0. The summed E-state index contributed by atoms with van der Waals surface area (Å²) in [6, 6.07) is 12.6. The van der Waals surface area contributed by atoms with E-state index in [0.717, 1.165) is 16.7 Å². The molecule has 2 aromatic carbocycles. The van der Waals surface area contributed by atoms with Crippen molar-refractivity contribution < 1.29 is 14.3 Å². The highest BCUT2D eigenvalue weighted by molar-refractivity contribution is 6.27. The Kier molecular flexibility index (Phi) is 3.99. The molecule has 7 nitrogen and oxygen atoms in total. The van der Waals surface area contributed by atoms with Crippen molar-refractivity contribution in [3.05, 3.63) is 54.1 Å². The lowest BCUT2D eigenvalue weighted by atomic mass is 10.1. The minimum absolute atomic E-state index is 0.0895. The van der Waals surface area contributed by atoms with Gasteiger partial charge in [-0.1, -0.05) is 12.1 Å². The number of para-hydroxylation sites is 2. The summed E-state index contributed by atoms with van der Waals surface area (Å²) in [4.78, 5) is 22.5. The minimum Gasteiger partial charge on any atom is -0.497 e. The third kappa shape index (κ3) is 2.68. The third-order valence-electron chi connectivity index (χ3n) is 4.77. The Hall–Kier alpha value is -3.48. The van der Waals surface area contributed by atoms with Gasteiger partial charge in [0.25, 0.3) is 0 Å². The summed E-state index contributed by atoms with van der Waals surface area (Å²) in [5, 5.41) is 0. The molecule has 0 saturated heterocycles. The fourth-order valence-electron chi connectivity index (χ4n) is 3.38. The predicted octanol–water partition coefficient (Wildman–Crippen LogP) is 2.69. The van der Waals surface area contributed by atoms with Crippen LogP contribution >= 0.6 is 0 Å². The second-order valence-electron chi connectivity index (χ2n) is 6.34. The molecule has 1 aliphatic rings. The van der Waals surface area contributed by atoms with Gasteiger partial charge in [-0.15, -0.1) is 0 Å². The van der Waals surface area contributed by atoms with Crippen LogP contribution in [-0.4, -0.2) is 36.0 Å². The number of fused-ring (bicyclic) bond motifs is 1. The van der Waals surface area contributed by atoms with Crippen LogP contribution in [0.25, 0.3) is 16.6 Å². The van der Waals surface area contributed by atoms with Gasteiger partial charge in [-0.05, 0) is 19.1 Å². The number of ether oxygens (including phenoxy) is 2. The molecule has 2 heterocycles. The number of rotatable bonds is 4. The first-order valence-electron chi connectivity index (χ1n) is 8.55. The molecular formula is C20H20N4O3. The molecule has 4 rings (SSSR count). The zero-order chi connectivity index (χ0) is 19.1. The molecule has 1 atom stereocenters. The van der Waals surface area contributed by atoms with E-state index in [4.69, 9.17) is 15.2 Å². The van der Waals surface area contributed by atoms with Crippen LogP contribution in [0.2, 0.25) is 0 Å². The van der Waals surface area contributed by atoms with E-state index in [0.29, 0.717) is 28.7 Å². The molecule has 0 amide bonds. The average molecular weight is 364 g/mol. The molecule has 0 spiro atoms. The van der Waals surface area contributed by atoms with Gasteiger partial charge < -0.3 is 25.1 Å². The van der Waals surface area contributed by atoms with Crippen LogP contribution in [0.5, 0.6) is 11.5 Å². The van der Waals surface area contributed by atoms with Crippen molar-refractivity contribution >= 4 is 28.1 Å². The van der Waals surface area contributed by atoms with E-state index in [-0.39, 0.29) is 5.78 Å². The van der Waals surface area contributed by atoms with Crippen LogP contribution < -0.4 is 20.1 Å². The van der Waals surface area contributed by atoms with Crippen molar-refractivity contribution in [2.45, 2.75) is 13.0 Å². The molecule has 7 heteroatoms. The number of ketones is 1. The van der Waals surface area contributed by atoms with E-state index in [1.54, 1.807) is 25.2 Å². The summed E-state index contributed by atoms with van der Waals surface area (Å²) in [5.74, 6) is 1.97. The highest BCUT2D eigenvalue weighted by Crippen LogP contribution is 2.37. The molecular weight excluding hydrogens is 344 g/mol. The summed E-state index contributed by atoms with van der Waals surface area (Å²) in [7, 11) is 3.16. The number of hydrogen-bond donors (Lipinski definition) is 2. The molecule has 0 radical (unpaired) electrons. The van der Waals surface area contributed by atoms with Gasteiger partial charge in [0.05, 0.1) is 37.0 Å². The van der Waals surface area contributed by atoms with Crippen molar-refractivity contribution in [2.24, 2.45) is 5.73 Å². The van der Waals surface area contributed by atoms with Crippen LogP contribution in [-0.2, 0) is 4.79 Å². The zero-order valence-electron chi connectivity index (χ0n) is 15.3. The standard InChI is InChI=1S/C20H20N4O3/c1-11-18(25)17(20-22-15-6-4-5-7-16(15)23-20)19(21)24(11)12-8-13(26-2)10-14(9-12)27-3/h4-11H,21H2,1-3H3,(H,22,23)/t11-/m1/s1. The largest absolute Gasteiger partial charge is 0.497 e. The van der Waals surface area contributed by atoms with Gasteiger partial charge in [-0.2, -0.15) is 0 Å². The smallest absolute Gasteiger partial charge is 0.192 e. The lowest BCUT2D eigenvalue weighted by Crippen LogP contribution is -2.33. The number of nitrogens with two attached hydrogens (primary N) is 1. The number of nitrogens with one attached hydrogen (secondary N) is 1. The number of aromatic nitrogens is 2. The highest BCUT2D eigenvalue weighted by atomic mass is 16.5. The lowest BCUT2D eigenvalue weighted by Gasteiger charge is -2.25. The summed E-state index contributed by atoms with van der Waals surface area (Å²) in [6.45, 7) is 1.82. The first-order valence-corrected chi connectivity index (χ1v) is 8.55. The number of hydrogen-bond acceptors (Lipinski definition) is 6. The second-order valence-corrected chi connectivity index (χ2v) is 6.34. The number of anilines is 1. The maximum Gasteiger partial charge on any atom is 0.192 e. The normalized spacial score (nSPS) is 17.1. The first-order chi connectivity index (χ1) is 13.0.